The molecule has 1 aromatic heterocycles. The third kappa shape index (κ3) is 4.80. The number of pyridine rings is 1. The molecule has 0 saturated heterocycles. The molecule has 1 heterocycles. The lowest BCUT2D eigenvalue weighted by Crippen LogP contribution is -2.13. The molecule has 0 spiro atoms. The first kappa shape index (κ1) is 19.2. The Morgan fingerprint density at radius 1 is 1.11 bits per heavy atom. The SMILES string of the molecule is Cc1cc(SCC(=O)OCc2ccccc2C(F)(F)F)nc2ccccc12. The molecule has 0 fully saturated rings. The number of esters is 1. The number of ether oxygens (including phenoxy) is 1. The van der Waals surface area contributed by atoms with Gasteiger partial charge in [0.1, 0.15) is 6.61 Å². The number of carbonyl (C=O) groups is 1. The summed E-state index contributed by atoms with van der Waals surface area (Å²) in [5, 5.41) is 1.70. The van der Waals surface area contributed by atoms with Crippen LogP contribution in [-0.2, 0) is 22.3 Å². The summed E-state index contributed by atoms with van der Waals surface area (Å²) in [5.74, 6) is -0.622. The molecule has 0 bridgehead atoms. The molecule has 0 N–H and O–H groups in total. The quantitative estimate of drug-likeness (QED) is 0.431. The van der Waals surface area contributed by atoms with Crippen molar-refractivity contribution in [1.82, 2.24) is 4.98 Å². The normalized spacial score (nSPS) is 11.6. The van der Waals surface area contributed by atoms with Gasteiger partial charge in [0.2, 0.25) is 0 Å². The highest BCUT2D eigenvalue weighted by Gasteiger charge is 2.33. The van der Waals surface area contributed by atoms with Gasteiger partial charge in [0.05, 0.1) is 21.9 Å². The molecule has 0 amide bonds. The van der Waals surface area contributed by atoms with Gasteiger partial charge in [0.25, 0.3) is 0 Å². The average Bonchev–Trinajstić information content (AvgIpc) is 2.64. The molecule has 0 aliphatic heterocycles. The maximum Gasteiger partial charge on any atom is 0.416 e. The van der Waals surface area contributed by atoms with Crippen LogP contribution in [0.1, 0.15) is 16.7 Å². The fourth-order valence-electron chi connectivity index (χ4n) is 2.65. The van der Waals surface area contributed by atoms with Crippen molar-refractivity contribution in [3.05, 3.63) is 71.3 Å². The number of benzene rings is 2. The molecular weight excluding hydrogens is 375 g/mol. The van der Waals surface area contributed by atoms with Crippen molar-refractivity contribution in [2.75, 3.05) is 5.75 Å². The summed E-state index contributed by atoms with van der Waals surface area (Å²) in [6.45, 7) is 1.54. The van der Waals surface area contributed by atoms with Gasteiger partial charge in [0.15, 0.2) is 0 Å². The van der Waals surface area contributed by atoms with Crippen LogP contribution < -0.4 is 0 Å². The lowest BCUT2D eigenvalue weighted by molar-refractivity contribution is -0.145. The number of hydrogen-bond donors (Lipinski definition) is 0. The van der Waals surface area contributed by atoms with E-state index in [4.69, 9.17) is 4.74 Å². The highest BCUT2D eigenvalue weighted by atomic mass is 32.2. The highest BCUT2D eigenvalue weighted by molar-refractivity contribution is 7.99. The van der Waals surface area contributed by atoms with Crippen LogP contribution in [0.15, 0.2) is 59.6 Å². The van der Waals surface area contributed by atoms with E-state index in [1.165, 1.54) is 30.0 Å². The van der Waals surface area contributed by atoms with Gasteiger partial charge in [-0.3, -0.25) is 4.79 Å². The number of rotatable bonds is 5. The summed E-state index contributed by atoms with van der Waals surface area (Å²) in [4.78, 5) is 16.4. The van der Waals surface area contributed by atoms with Crippen molar-refractivity contribution in [1.29, 1.82) is 0 Å². The van der Waals surface area contributed by atoms with Crippen LogP contribution in [0.3, 0.4) is 0 Å². The highest BCUT2D eigenvalue weighted by Crippen LogP contribution is 2.32. The number of alkyl halides is 3. The minimum absolute atomic E-state index is 0.0288. The molecule has 0 saturated carbocycles. The topological polar surface area (TPSA) is 39.2 Å². The first-order valence-corrected chi connectivity index (χ1v) is 9.13. The first-order chi connectivity index (χ1) is 12.8. The third-order valence-corrected chi connectivity index (χ3v) is 4.83. The van der Waals surface area contributed by atoms with E-state index in [-0.39, 0.29) is 11.3 Å². The fraction of sp³-hybridized carbons (Fsp3) is 0.200. The minimum Gasteiger partial charge on any atom is -0.460 e. The Balaban J connectivity index is 1.61. The minimum atomic E-state index is -4.48. The number of aryl methyl sites for hydroxylation is 1. The van der Waals surface area contributed by atoms with Crippen LogP contribution in [0.4, 0.5) is 13.2 Å². The van der Waals surface area contributed by atoms with Crippen LogP contribution in [0.2, 0.25) is 0 Å². The molecular formula is C20H16F3NO2S. The van der Waals surface area contributed by atoms with Crippen molar-refractivity contribution in [3.8, 4) is 0 Å². The maximum absolute atomic E-state index is 13.0. The van der Waals surface area contributed by atoms with Gasteiger partial charge in [-0.1, -0.05) is 48.2 Å². The summed E-state index contributed by atoms with van der Waals surface area (Å²) in [6.07, 6.45) is -4.48. The van der Waals surface area contributed by atoms with Gasteiger partial charge < -0.3 is 4.74 Å². The van der Waals surface area contributed by atoms with Crippen LogP contribution in [-0.4, -0.2) is 16.7 Å². The number of nitrogens with zero attached hydrogens (tertiary/aromatic N) is 1. The lowest BCUT2D eigenvalue weighted by atomic mass is 10.1. The van der Waals surface area contributed by atoms with E-state index in [1.54, 1.807) is 0 Å². The monoisotopic (exact) mass is 391 g/mol. The summed E-state index contributed by atoms with van der Waals surface area (Å²) >= 11 is 1.19. The number of hydrogen-bond acceptors (Lipinski definition) is 4. The van der Waals surface area contributed by atoms with E-state index < -0.39 is 24.3 Å². The molecule has 0 unspecified atom stereocenters. The first-order valence-electron chi connectivity index (χ1n) is 8.14. The zero-order chi connectivity index (χ0) is 19.4. The molecule has 3 nitrogen and oxygen atoms in total. The van der Waals surface area contributed by atoms with Crippen molar-refractivity contribution in [2.45, 2.75) is 24.7 Å². The Hall–Kier alpha value is -2.54. The second-order valence-electron chi connectivity index (χ2n) is 5.90. The van der Waals surface area contributed by atoms with Gasteiger partial charge in [-0.25, -0.2) is 4.98 Å². The zero-order valence-electron chi connectivity index (χ0n) is 14.4. The lowest BCUT2D eigenvalue weighted by Gasteiger charge is -2.12. The second kappa shape index (κ2) is 8.00. The van der Waals surface area contributed by atoms with Crippen molar-refractivity contribution in [2.24, 2.45) is 0 Å². The molecule has 0 aliphatic rings. The Bertz CT molecular complexity index is 973. The van der Waals surface area contributed by atoms with Crippen LogP contribution in [0.25, 0.3) is 10.9 Å². The van der Waals surface area contributed by atoms with Crippen LogP contribution in [0, 0.1) is 6.92 Å². The van der Waals surface area contributed by atoms with Crippen LogP contribution in [0.5, 0.6) is 0 Å². The summed E-state index contributed by atoms with van der Waals surface area (Å²) < 4.78 is 43.9. The molecule has 3 aromatic rings. The van der Waals surface area contributed by atoms with Gasteiger partial charge in [0, 0.05) is 10.9 Å². The van der Waals surface area contributed by atoms with Crippen molar-refractivity contribution in [3.63, 3.8) is 0 Å². The fourth-order valence-corrected chi connectivity index (χ4v) is 3.42. The predicted octanol–water partition coefficient (Wildman–Crippen LogP) is 5.40. The number of aromatic nitrogens is 1. The Kier molecular flexibility index (Phi) is 5.70. The van der Waals surface area contributed by atoms with E-state index in [0.29, 0.717) is 5.03 Å². The number of para-hydroxylation sites is 1. The molecule has 2 aromatic carbocycles. The zero-order valence-corrected chi connectivity index (χ0v) is 15.2. The second-order valence-corrected chi connectivity index (χ2v) is 6.89. The predicted molar refractivity (Wildman–Crippen MR) is 98.4 cm³/mol. The smallest absolute Gasteiger partial charge is 0.416 e. The third-order valence-electron chi connectivity index (χ3n) is 3.95. The molecule has 140 valence electrons. The summed E-state index contributed by atoms with van der Waals surface area (Å²) in [6, 6.07) is 14.6. The van der Waals surface area contributed by atoms with Gasteiger partial charge in [-0.15, -0.1) is 0 Å². The Morgan fingerprint density at radius 3 is 2.59 bits per heavy atom. The maximum atomic E-state index is 13.0. The molecule has 0 radical (unpaired) electrons. The average molecular weight is 391 g/mol. The van der Waals surface area contributed by atoms with Crippen molar-refractivity contribution >= 4 is 28.6 Å². The van der Waals surface area contributed by atoms with E-state index >= 15 is 0 Å². The van der Waals surface area contributed by atoms with Crippen LogP contribution >= 0.6 is 11.8 Å². The molecule has 27 heavy (non-hydrogen) atoms. The number of fused-ring (bicyclic) bond motifs is 1. The summed E-state index contributed by atoms with van der Waals surface area (Å²) in [5.41, 5.74) is 1.00. The van der Waals surface area contributed by atoms with E-state index in [0.717, 1.165) is 22.5 Å². The van der Waals surface area contributed by atoms with Gasteiger partial charge >= 0.3 is 12.1 Å². The molecule has 0 atom stereocenters. The summed E-state index contributed by atoms with van der Waals surface area (Å²) in [7, 11) is 0. The molecule has 3 rings (SSSR count). The standard InChI is InChI=1S/C20H16F3NO2S/c1-13-10-18(24-17-9-5-3-7-15(13)17)27-12-19(25)26-11-14-6-2-4-8-16(14)20(21,22)23/h2-10H,11-12H2,1H3. The Labute approximate surface area is 158 Å². The molecule has 7 heteroatoms. The molecule has 0 aliphatic carbocycles. The van der Waals surface area contributed by atoms with E-state index in [2.05, 4.69) is 4.98 Å². The number of thioether (sulfide) groups is 1. The van der Waals surface area contributed by atoms with Crippen molar-refractivity contribution < 1.29 is 22.7 Å². The largest absolute Gasteiger partial charge is 0.460 e. The van der Waals surface area contributed by atoms with E-state index in [1.807, 2.05) is 37.3 Å². The van der Waals surface area contributed by atoms with E-state index in [9.17, 15) is 18.0 Å². The van der Waals surface area contributed by atoms with Gasteiger partial charge in [-0.2, -0.15) is 13.2 Å². The van der Waals surface area contributed by atoms with Gasteiger partial charge in [-0.05, 0) is 30.7 Å². The Morgan fingerprint density at radius 2 is 1.81 bits per heavy atom. The number of carbonyl (C=O) groups excluding carboxylic acids is 1. The number of halogens is 3.